The van der Waals surface area contributed by atoms with Crippen LogP contribution in [0.3, 0.4) is 0 Å². The van der Waals surface area contributed by atoms with Crippen LogP contribution in [0.5, 0.6) is 5.75 Å². The molecule has 2 aliphatic rings. The molecule has 0 unspecified atom stereocenters. The fourth-order valence-corrected chi connectivity index (χ4v) is 5.04. The molecule has 1 saturated carbocycles. The fraction of sp³-hybridized carbons (Fsp3) is 0.706. The maximum atomic E-state index is 12.3. The Kier molecular flexibility index (Phi) is 3.19. The van der Waals surface area contributed by atoms with E-state index >= 15 is 0 Å². The molecule has 5 atom stereocenters. The van der Waals surface area contributed by atoms with Gasteiger partial charge in [0.15, 0.2) is 0 Å². The molecule has 110 valence electrons. The third-order valence-corrected chi connectivity index (χ3v) is 5.49. The second kappa shape index (κ2) is 4.64. The van der Waals surface area contributed by atoms with Crippen LogP contribution in [0.25, 0.3) is 0 Å². The Morgan fingerprint density at radius 3 is 2.90 bits per heavy atom. The first-order valence-electron chi connectivity index (χ1n) is 7.85. The molecule has 20 heavy (non-hydrogen) atoms. The molecular weight excluding hydrogens is 250 g/mol. The summed E-state index contributed by atoms with van der Waals surface area (Å²) in [6.07, 6.45) is 5.26. The van der Waals surface area contributed by atoms with Gasteiger partial charge in [0.2, 0.25) is 0 Å². The minimum absolute atomic E-state index is 0.0367. The van der Waals surface area contributed by atoms with Crippen molar-refractivity contribution in [1.29, 1.82) is 0 Å². The number of aromatic amines is 1. The highest BCUT2D eigenvalue weighted by Gasteiger charge is 2.53. The SMILES string of the molecule is CC[C@H]1Oc2cc[nH]c(=O)c2[C@H]2[C@H](C)C[C@H](C)C[C@]12C. The summed E-state index contributed by atoms with van der Waals surface area (Å²) in [7, 11) is 0. The Morgan fingerprint density at radius 2 is 2.20 bits per heavy atom. The van der Waals surface area contributed by atoms with Gasteiger partial charge in [0.05, 0.1) is 5.56 Å². The van der Waals surface area contributed by atoms with E-state index in [1.54, 1.807) is 6.20 Å². The molecule has 3 heteroatoms. The first kappa shape index (κ1) is 13.7. The van der Waals surface area contributed by atoms with Crippen molar-refractivity contribution in [3.8, 4) is 5.75 Å². The molecule has 1 aliphatic carbocycles. The Bertz CT molecular complexity index is 564. The van der Waals surface area contributed by atoms with Crippen LogP contribution in [0.15, 0.2) is 17.1 Å². The van der Waals surface area contributed by atoms with E-state index in [2.05, 4.69) is 32.7 Å². The van der Waals surface area contributed by atoms with Crippen LogP contribution in [0, 0.1) is 17.3 Å². The van der Waals surface area contributed by atoms with Crippen molar-refractivity contribution >= 4 is 0 Å². The number of pyridine rings is 1. The molecule has 2 heterocycles. The summed E-state index contributed by atoms with van der Waals surface area (Å²) >= 11 is 0. The van der Waals surface area contributed by atoms with Crippen LogP contribution in [0.1, 0.15) is 58.4 Å². The van der Waals surface area contributed by atoms with Gasteiger partial charge in [-0.15, -0.1) is 0 Å². The van der Waals surface area contributed by atoms with Crippen molar-refractivity contribution in [3.63, 3.8) is 0 Å². The Morgan fingerprint density at radius 1 is 1.45 bits per heavy atom. The second-order valence-electron chi connectivity index (χ2n) is 7.11. The van der Waals surface area contributed by atoms with Crippen LogP contribution in [0.4, 0.5) is 0 Å². The second-order valence-corrected chi connectivity index (χ2v) is 7.11. The smallest absolute Gasteiger partial charge is 0.255 e. The maximum absolute atomic E-state index is 12.3. The molecule has 0 aromatic carbocycles. The van der Waals surface area contributed by atoms with Gasteiger partial charge >= 0.3 is 0 Å². The topological polar surface area (TPSA) is 42.1 Å². The number of hydrogen-bond acceptors (Lipinski definition) is 2. The zero-order chi connectivity index (χ0) is 14.5. The molecule has 0 radical (unpaired) electrons. The van der Waals surface area contributed by atoms with Crippen molar-refractivity contribution in [3.05, 3.63) is 28.2 Å². The number of fused-ring (bicyclic) bond motifs is 3. The van der Waals surface area contributed by atoms with Gasteiger partial charge in [0, 0.05) is 17.5 Å². The number of hydrogen-bond donors (Lipinski definition) is 1. The number of H-pyrrole nitrogens is 1. The van der Waals surface area contributed by atoms with Gasteiger partial charge < -0.3 is 9.72 Å². The van der Waals surface area contributed by atoms with Crippen molar-refractivity contribution in [2.45, 2.75) is 59.0 Å². The summed E-state index contributed by atoms with van der Waals surface area (Å²) in [6.45, 7) is 9.14. The lowest BCUT2D eigenvalue weighted by Crippen LogP contribution is -2.52. The van der Waals surface area contributed by atoms with Gasteiger partial charge in [0.25, 0.3) is 5.56 Å². The molecule has 0 bridgehead atoms. The average molecular weight is 275 g/mol. The zero-order valence-electron chi connectivity index (χ0n) is 12.9. The van der Waals surface area contributed by atoms with E-state index in [9.17, 15) is 4.79 Å². The van der Waals surface area contributed by atoms with E-state index < -0.39 is 0 Å². The fourth-order valence-electron chi connectivity index (χ4n) is 5.04. The summed E-state index contributed by atoms with van der Waals surface area (Å²) in [5, 5.41) is 0. The van der Waals surface area contributed by atoms with E-state index in [1.807, 2.05) is 6.07 Å². The maximum Gasteiger partial charge on any atom is 0.255 e. The molecule has 1 aliphatic heterocycles. The summed E-state index contributed by atoms with van der Waals surface area (Å²) in [6, 6.07) is 1.92. The highest BCUT2D eigenvalue weighted by atomic mass is 16.5. The molecule has 0 saturated heterocycles. The first-order valence-corrected chi connectivity index (χ1v) is 7.85. The number of rotatable bonds is 1. The summed E-state index contributed by atoms with van der Waals surface area (Å²) in [5.41, 5.74) is 1.00. The van der Waals surface area contributed by atoms with Crippen molar-refractivity contribution in [2.24, 2.45) is 17.3 Å². The van der Waals surface area contributed by atoms with E-state index in [0.717, 1.165) is 24.2 Å². The number of ether oxygens (including phenoxy) is 1. The summed E-state index contributed by atoms with van der Waals surface area (Å²) in [5.74, 6) is 2.36. The lowest BCUT2D eigenvalue weighted by atomic mass is 9.54. The molecule has 1 aromatic heterocycles. The van der Waals surface area contributed by atoms with Crippen LogP contribution < -0.4 is 10.3 Å². The highest BCUT2D eigenvalue weighted by molar-refractivity contribution is 5.39. The minimum Gasteiger partial charge on any atom is -0.489 e. The lowest BCUT2D eigenvalue weighted by Gasteiger charge is -2.54. The lowest BCUT2D eigenvalue weighted by molar-refractivity contribution is -0.0463. The largest absolute Gasteiger partial charge is 0.489 e. The van der Waals surface area contributed by atoms with Gasteiger partial charge in [-0.3, -0.25) is 4.79 Å². The van der Waals surface area contributed by atoms with Crippen LogP contribution in [-0.4, -0.2) is 11.1 Å². The third kappa shape index (κ3) is 1.82. The molecule has 3 rings (SSSR count). The van der Waals surface area contributed by atoms with E-state index in [4.69, 9.17) is 4.74 Å². The van der Waals surface area contributed by atoms with Crippen molar-refractivity contribution in [1.82, 2.24) is 4.98 Å². The van der Waals surface area contributed by atoms with Gasteiger partial charge in [-0.05, 0) is 37.2 Å². The Labute approximate surface area is 120 Å². The zero-order valence-corrected chi connectivity index (χ0v) is 12.9. The number of nitrogens with one attached hydrogen (secondary N) is 1. The molecule has 1 fully saturated rings. The summed E-state index contributed by atoms with van der Waals surface area (Å²) in [4.78, 5) is 15.2. The molecular formula is C17H25NO2. The third-order valence-electron chi connectivity index (χ3n) is 5.49. The van der Waals surface area contributed by atoms with Gasteiger partial charge in [-0.1, -0.05) is 27.7 Å². The molecule has 1 aromatic rings. The Balaban J connectivity index is 2.19. The van der Waals surface area contributed by atoms with Crippen LogP contribution in [0.2, 0.25) is 0 Å². The molecule has 0 spiro atoms. The van der Waals surface area contributed by atoms with E-state index in [1.165, 1.54) is 6.42 Å². The van der Waals surface area contributed by atoms with Gasteiger partial charge in [0.1, 0.15) is 11.9 Å². The minimum atomic E-state index is 0.0367. The molecule has 0 amide bonds. The van der Waals surface area contributed by atoms with Crippen molar-refractivity contribution < 1.29 is 4.74 Å². The van der Waals surface area contributed by atoms with Crippen molar-refractivity contribution in [2.75, 3.05) is 0 Å². The normalized spacial score (nSPS) is 39.6. The van der Waals surface area contributed by atoms with E-state index in [0.29, 0.717) is 17.8 Å². The molecule has 1 N–H and O–H groups in total. The van der Waals surface area contributed by atoms with Crippen LogP contribution >= 0.6 is 0 Å². The van der Waals surface area contributed by atoms with Gasteiger partial charge in [-0.25, -0.2) is 0 Å². The first-order chi connectivity index (χ1) is 9.47. The van der Waals surface area contributed by atoms with Crippen LogP contribution in [-0.2, 0) is 0 Å². The highest BCUT2D eigenvalue weighted by Crippen LogP contribution is 2.58. The quantitative estimate of drug-likeness (QED) is 0.849. The standard InChI is InChI=1S/C17H25NO2/c1-5-13-17(4)9-10(2)8-11(3)15(17)14-12(20-13)6-7-18-16(14)19/h6-7,10-11,13,15H,5,8-9H2,1-4H3,(H,18,19)/t10-,11+,13+,15+,17+/m0/s1. The summed E-state index contributed by atoms with van der Waals surface area (Å²) < 4.78 is 6.21. The monoisotopic (exact) mass is 275 g/mol. The average Bonchev–Trinajstić information content (AvgIpc) is 2.37. The Hall–Kier alpha value is -1.25. The predicted molar refractivity (Wildman–Crippen MR) is 80.2 cm³/mol. The van der Waals surface area contributed by atoms with Gasteiger partial charge in [-0.2, -0.15) is 0 Å². The molecule has 3 nitrogen and oxygen atoms in total. The van der Waals surface area contributed by atoms with E-state index in [-0.39, 0.29) is 17.1 Å². The number of aromatic nitrogens is 1. The predicted octanol–water partition coefficient (Wildman–Crippen LogP) is 3.70.